The molecule has 17 heavy (non-hydrogen) atoms. The summed E-state index contributed by atoms with van der Waals surface area (Å²) >= 11 is 0. The van der Waals surface area contributed by atoms with Gasteiger partial charge in [0.15, 0.2) is 0 Å². The van der Waals surface area contributed by atoms with Crippen molar-refractivity contribution in [3.05, 3.63) is 35.6 Å². The van der Waals surface area contributed by atoms with Gasteiger partial charge < -0.3 is 9.84 Å². The van der Waals surface area contributed by atoms with Crippen molar-refractivity contribution in [2.24, 2.45) is 0 Å². The quantitative estimate of drug-likeness (QED) is 0.817. The van der Waals surface area contributed by atoms with E-state index in [9.17, 15) is 9.18 Å². The van der Waals surface area contributed by atoms with Crippen LogP contribution in [0.3, 0.4) is 0 Å². The van der Waals surface area contributed by atoms with Crippen LogP contribution in [0.1, 0.15) is 18.6 Å². The maximum atomic E-state index is 12.8. The highest BCUT2D eigenvalue weighted by atomic mass is 19.1. The summed E-state index contributed by atoms with van der Waals surface area (Å²) in [6.07, 6.45) is -0.244. The minimum absolute atomic E-state index is 0.113. The van der Waals surface area contributed by atoms with E-state index in [1.807, 2.05) is 6.92 Å². The molecule has 4 nitrogen and oxygen atoms in total. The first-order valence-corrected chi connectivity index (χ1v) is 5.44. The number of nitrogens with one attached hydrogen (secondary N) is 1. The molecule has 0 amide bonds. The summed E-state index contributed by atoms with van der Waals surface area (Å²) in [4.78, 5) is 10.8. The van der Waals surface area contributed by atoms with Crippen LogP contribution in [0, 0.1) is 5.82 Å². The Kier molecular flexibility index (Phi) is 3.40. The number of hydrogen-bond donors (Lipinski definition) is 2. The average molecular weight is 239 g/mol. The first kappa shape index (κ1) is 12.0. The third-order valence-corrected chi connectivity index (χ3v) is 2.86. The Morgan fingerprint density at radius 2 is 2.12 bits per heavy atom. The fraction of sp³-hybridized carbons (Fsp3) is 0.417. The summed E-state index contributed by atoms with van der Waals surface area (Å²) < 4.78 is 18.3. The van der Waals surface area contributed by atoms with E-state index in [0.717, 1.165) is 5.56 Å². The van der Waals surface area contributed by atoms with Gasteiger partial charge >= 0.3 is 5.97 Å². The van der Waals surface area contributed by atoms with Gasteiger partial charge in [-0.25, -0.2) is 4.39 Å². The number of halogens is 1. The van der Waals surface area contributed by atoms with Gasteiger partial charge in [0.2, 0.25) is 0 Å². The molecular formula is C12H14FNO3. The van der Waals surface area contributed by atoms with Crippen molar-refractivity contribution >= 4 is 5.97 Å². The van der Waals surface area contributed by atoms with E-state index in [1.165, 1.54) is 12.1 Å². The van der Waals surface area contributed by atoms with Crippen molar-refractivity contribution in [2.75, 3.05) is 6.61 Å². The van der Waals surface area contributed by atoms with Gasteiger partial charge in [-0.1, -0.05) is 12.1 Å². The fourth-order valence-corrected chi connectivity index (χ4v) is 1.98. The van der Waals surface area contributed by atoms with Gasteiger partial charge in [-0.3, -0.25) is 10.1 Å². The minimum Gasteiger partial charge on any atom is -0.480 e. The molecule has 1 fully saturated rings. The number of hydrogen-bond acceptors (Lipinski definition) is 3. The lowest BCUT2D eigenvalue weighted by Crippen LogP contribution is -2.52. The summed E-state index contributed by atoms with van der Waals surface area (Å²) in [5, 5.41) is 11.8. The number of rotatable bonds is 2. The number of carboxylic acids is 1. The van der Waals surface area contributed by atoms with Crippen molar-refractivity contribution in [2.45, 2.75) is 25.1 Å². The lowest BCUT2D eigenvalue weighted by Gasteiger charge is -2.34. The molecule has 1 aliphatic rings. The topological polar surface area (TPSA) is 58.6 Å². The zero-order valence-electron chi connectivity index (χ0n) is 9.39. The number of morpholine rings is 1. The third-order valence-electron chi connectivity index (χ3n) is 2.86. The summed E-state index contributed by atoms with van der Waals surface area (Å²) in [7, 11) is 0. The predicted octanol–water partition coefficient (Wildman–Crippen LogP) is 1.33. The SMILES string of the molecule is CC1NC(C(=O)O)COC1c1ccc(F)cc1. The van der Waals surface area contributed by atoms with E-state index in [4.69, 9.17) is 9.84 Å². The van der Waals surface area contributed by atoms with Gasteiger partial charge in [0.1, 0.15) is 11.9 Å². The molecule has 2 rings (SSSR count). The second kappa shape index (κ2) is 4.81. The second-order valence-corrected chi connectivity index (χ2v) is 4.15. The Morgan fingerprint density at radius 3 is 2.65 bits per heavy atom. The predicted molar refractivity (Wildman–Crippen MR) is 59.1 cm³/mol. The molecular weight excluding hydrogens is 225 g/mol. The van der Waals surface area contributed by atoms with E-state index in [0.29, 0.717) is 0 Å². The van der Waals surface area contributed by atoms with Crippen LogP contribution >= 0.6 is 0 Å². The van der Waals surface area contributed by atoms with Crippen LogP contribution in [0.25, 0.3) is 0 Å². The van der Waals surface area contributed by atoms with Crippen LogP contribution in [0.2, 0.25) is 0 Å². The van der Waals surface area contributed by atoms with Crippen molar-refractivity contribution < 1.29 is 19.0 Å². The van der Waals surface area contributed by atoms with Gasteiger partial charge in [0, 0.05) is 6.04 Å². The van der Waals surface area contributed by atoms with E-state index in [-0.39, 0.29) is 24.6 Å². The number of carboxylic acid groups (broad SMARTS) is 1. The molecule has 0 bridgehead atoms. The first-order chi connectivity index (χ1) is 8.08. The largest absolute Gasteiger partial charge is 0.480 e. The number of ether oxygens (including phenoxy) is 1. The zero-order chi connectivity index (χ0) is 12.4. The molecule has 92 valence electrons. The minimum atomic E-state index is -0.922. The monoisotopic (exact) mass is 239 g/mol. The molecule has 0 aromatic heterocycles. The number of carbonyl (C=O) groups is 1. The molecule has 1 aromatic carbocycles. The lowest BCUT2D eigenvalue weighted by molar-refractivity contribution is -0.145. The molecule has 1 aromatic rings. The highest BCUT2D eigenvalue weighted by Crippen LogP contribution is 2.25. The highest BCUT2D eigenvalue weighted by molar-refractivity contribution is 5.73. The molecule has 1 aliphatic heterocycles. The molecule has 0 aliphatic carbocycles. The Bertz CT molecular complexity index is 407. The number of benzene rings is 1. The van der Waals surface area contributed by atoms with Crippen LogP contribution in [-0.2, 0) is 9.53 Å². The molecule has 5 heteroatoms. The molecule has 3 atom stereocenters. The summed E-state index contributed by atoms with van der Waals surface area (Å²) in [5.41, 5.74) is 0.843. The third kappa shape index (κ3) is 2.62. The first-order valence-electron chi connectivity index (χ1n) is 5.44. The summed E-state index contributed by atoms with van der Waals surface area (Å²) in [5.74, 6) is -1.22. The molecule has 0 radical (unpaired) electrons. The van der Waals surface area contributed by atoms with Gasteiger partial charge in [0.05, 0.1) is 12.7 Å². The number of aliphatic carboxylic acids is 1. The lowest BCUT2D eigenvalue weighted by atomic mass is 10.0. The van der Waals surface area contributed by atoms with Gasteiger partial charge in [-0.05, 0) is 24.6 Å². The molecule has 0 saturated carbocycles. The smallest absolute Gasteiger partial charge is 0.323 e. The van der Waals surface area contributed by atoms with Crippen LogP contribution in [0.4, 0.5) is 4.39 Å². The van der Waals surface area contributed by atoms with Crippen LogP contribution in [0.5, 0.6) is 0 Å². The van der Waals surface area contributed by atoms with Crippen molar-refractivity contribution in [3.8, 4) is 0 Å². The van der Waals surface area contributed by atoms with Crippen molar-refractivity contribution in [1.82, 2.24) is 5.32 Å². The Balaban J connectivity index is 2.09. The summed E-state index contributed by atoms with van der Waals surface area (Å²) in [6.45, 7) is 1.96. The van der Waals surface area contributed by atoms with E-state index < -0.39 is 12.0 Å². The summed E-state index contributed by atoms with van der Waals surface area (Å²) in [6, 6.07) is 5.24. The normalized spacial score (nSPS) is 28.9. The molecule has 2 N–H and O–H groups in total. The fourth-order valence-electron chi connectivity index (χ4n) is 1.98. The second-order valence-electron chi connectivity index (χ2n) is 4.15. The molecule has 1 heterocycles. The van der Waals surface area contributed by atoms with Gasteiger partial charge in [0.25, 0.3) is 0 Å². The van der Waals surface area contributed by atoms with Crippen LogP contribution in [-0.4, -0.2) is 29.8 Å². The van der Waals surface area contributed by atoms with Crippen molar-refractivity contribution in [1.29, 1.82) is 0 Å². The van der Waals surface area contributed by atoms with E-state index >= 15 is 0 Å². The maximum Gasteiger partial charge on any atom is 0.323 e. The molecule has 1 saturated heterocycles. The highest BCUT2D eigenvalue weighted by Gasteiger charge is 2.32. The van der Waals surface area contributed by atoms with Crippen LogP contribution in [0.15, 0.2) is 24.3 Å². The van der Waals surface area contributed by atoms with Crippen molar-refractivity contribution in [3.63, 3.8) is 0 Å². The molecule has 3 unspecified atom stereocenters. The van der Waals surface area contributed by atoms with Crippen LogP contribution < -0.4 is 5.32 Å². The molecule has 0 spiro atoms. The van der Waals surface area contributed by atoms with Gasteiger partial charge in [-0.15, -0.1) is 0 Å². The Labute approximate surface area is 98.4 Å². The van der Waals surface area contributed by atoms with Gasteiger partial charge in [-0.2, -0.15) is 0 Å². The van der Waals surface area contributed by atoms with E-state index in [2.05, 4.69) is 5.32 Å². The average Bonchev–Trinajstić information content (AvgIpc) is 2.30. The Morgan fingerprint density at radius 1 is 1.47 bits per heavy atom. The Hall–Kier alpha value is -1.46. The maximum absolute atomic E-state index is 12.8. The standard InChI is InChI=1S/C12H14FNO3/c1-7-11(8-2-4-9(13)5-3-8)17-6-10(14-7)12(15)16/h2-5,7,10-11,14H,6H2,1H3,(H,15,16). The van der Waals surface area contributed by atoms with E-state index in [1.54, 1.807) is 12.1 Å². The zero-order valence-corrected chi connectivity index (χ0v) is 9.39.